The highest BCUT2D eigenvalue weighted by atomic mass is 16.5. The molecular weight excluding hydrogens is 166 g/mol. The minimum absolute atomic E-state index is 0.0626. The average molecular weight is 185 g/mol. The summed E-state index contributed by atoms with van der Waals surface area (Å²) in [5.41, 5.74) is -0.0626. The van der Waals surface area contributed by atoms with E-state index in [-0.39, 0.29) is 17.6 Å². The minimum Gasteiger partial charge on any atom is -0.373 e. The molecule has 1 rings (SSSR count). The van der Waals surface area contributed by atoms with Gasteiger partial charge in [0.1, 0.15) is 0 Å². The molecule has 1 atom stereocenters. The van der Waals surface area contributed by atoms with Crippen molar-refractivity contribution >= 4 is 5.91 Å². The summed E-state index contributed by atoms with van der Waals surface area (Å²) in [6.07, 6.45) is 1.52. The van der Waals surface area contributed by atoms with E-state index in [1.807, 2.05) is 18.9 Å². The van der Waals surface area contributed by atoms with Crippen molar-refractivity contribution in [1.29, 1.82) is 0 Å². The molecule has 0 aromatic heterocycles. The lowest BCUT2D eigenvalue weighted by atomic mass is 10.0. The summed E-state index contributed by atoms with van der Waals surface area (Å²) in [6.45, 7) is 6.70. The number of carbonyl (C=O) groups excluding carboxylic acids is 1. The predicted molar refractivity (Wildman–Crippen MR) is 51.5 cm³/mol. The van der Waals surface area contributed by atoms with Gasteiger partial charge in [-0.3, -0.25) is 4.79 Å². The van der Waals surface area contributed by atoms with E-state index < -0.39 is 0 Å². The van der Waals surface area contributed by atoms with Gasteiger partial charge >= 0.3 is 0 Å². The molecule has 1 heterocycles. The number of ether oxygens (including phenoxy) is 1. The predicted octanol–water partition coefficient (Wildman–Crippen LogP) is 1.42. The monoisotopic (exact) mass is 185 g/mol. The first-order valence-corrected chi connectivity index (χ1v) is 4.86. The van der Waals surface area contributed by atoms with E-state index in [0.717, 1.165) is 6.42 Å². The lowest BCUT2D eigenvalue weighted by Crippen LogP contribution is -2.37. The summed E-state index contributed by atoms with van der Waals surface area (Å²) in [6, 6.07) is 0.266. The first kappa shape index (κ1) is 10.5. The second-order valence-corrected chi connectivity index (χ2v) is 4.29. The van der Waals surface area contributed by atoms with E-state index in [2.05, 4.69) is 13.8 Å². The Morgan fingerprint density at radius 2 is 2.23 bits per heavy atom. The SMILES string of the molecule is CCC(=O)N(C)C1COC(C)(C)C1. The van der Waals surface area contributed by atoms with Crippen molar-refractivity contribution < 1.29 is 9.53 Å². The Balaban J connectivity index is 2.51. The van der Waals surface area contributed by atoms with Crippen LogP contribution in [-0.2, 0) is 9.53 Å². The van der Waals surface area contributed by atoms with Gasteiger partial charge in [-0.1, -0.05) is 6.92 Å². The zero-order chi connectivity index (χ0) is 10.1. The van der Waals surface area contributed by atoms with Gasteiger partial charge in [-0.2, -0.15) is 0 Å². The Bertz CT molecular complexity index is 201. The van der Waals surface area contributed by atoms with Gasteiger partial charge in [-0.15, -0.1) is 0 Å². The molecule has 0 aromatic rings. The van der Waals surface area contributed by atoms with Crippen LogP contribution in [0.25, 0.3) is 0 Å². The molecule has 3 heteroatoms. The summed E-state index contributed by atoms with van der Waals surface area (Å²) in [7, 11) is 1.86. The van der Waals surface area contributed by atoms with Gasteiger partial charge in [-0.05, 0) is 20.3 Å². The zero-order valence-electron chi connectivity index (χ0n) is 8.96. The molecule has 0 radical (unpaired) electrons. The lowest BCUT2D eigenvalue weighted by Gasteiger charge is -2.23. The molecule has 1 aliphatic rings. The van der Waals surface area contributed by atoms with Gasteiger partial charge in [0, 0.05) is 13.5 Å². The molecule has 0 bridgehead atoms. The summed E-state index contributed by atoms with van der Waals surface area (Å²) in [5, 5.41) is 0. The molecule has 0 spiro atoms. The van der Waals surface area contributed by atoms with Crippen LogP contribution >= 0.6 is 0 Å². The van der Waals surface area contributed by atoms with E-state index in [0.29, 0.717) is 13.0 Å². The third-order valence-electron chi connectivity index (χ3n) is 2.64. The molecule has 13 heavy (non-hydrogen) atoms. The summed E-state index contributed by atoms with van der Waals surface area (Å²) in [4.78, 5) is 13.2. The Hall–Kier alpha value is -0.570. The van der Waals surface area contributed by atoms with E-state index in [1.165, 1.54) is 0 Å². The van der Waals surface area contributed by atoms with Crippen LogP contribution in [-0.4, -0.2) is 36.1 Å². The van der Waals surface area contributed by atoms with Crippen LogP contribution in [0.3, 0.4) is 0 Å². The standard InChI is InChI=1S/C10H19NO2/c1-5-9(12)11(4)8-6-10(2,3)13-7-8/h8H,5-7H2,1-4H3. The first-order chi connectivity index (χ1) is 5.96. The van der Waals surface area contributed by atoms with Gasteiger partial charge in [0.25, 0.3) is 0 Å². The molecule has 1 unspecified atom stereocenters. The normalized spacial score (nSPS) is 26.0. The Kier molecular flexibility index (Phi) is 2.96. The third-order valence-corrected chi connectivity index (χ3v) is 2.64. The second-order valence-electron chi connectivity index (χ2n) is 4.29. The van der Waals surface area contributed by atoms with Crippen molar-refractivity contribution in [2.45, 2.75) is 45.3 Å². The van der Waals surface area contributed by atoms with E-state index in [9.17, 15) is 4.79 Å². The number of nitrogens with zero attached hydrogens (tertiary/aromatic N) is 1. The Labute approximate surface area is 80.1 Å². The lowest BCUT2D eigenvalue weighted by molar-refractivity contribution is -0.131. The molecule has 0 saturated carbocycles. The summed E-state index contributed by atoms with van der Waals surface area (Å²) >= 11 is 0. The maximum atomic E-state index is 11.4. The number of amides is 1. The van der Waals surface area contributed by atoms with Gasteiger partial charge in [0.15, 0.2) is 0 Å². The number of likely N-dealkylation sites (N-methyl/N-ethyl adjacent to an activating group) is 1. The van der Waals surface area contributed by atoms with Crippen molar-refractivity contribution in [3.8, 4) is 0 Å². The molecule has 1 amide bonds. The van der Waals surface area contributed by atoms with Crippen LogP contribution < -0.4 is 0 Å². The van der Waals surface area contributed by atoms with Crippen molar-refractivity contribution in [1.82, 2.24) is 4.90 Å². The van der Waals surface area contributed by atoms with Crippen molar-refractivity contribution in [3.05, 3.63) is 0 Å². The van der Waals surface area contributed by atoms with Gasteiger partial charge in [0.2, 0.25) is 5.91 Å². The third kappa shape index (κ3) is 2.44. The van der Waals surface area contributed by atoms with Crippen LogP contribution in [0.15, 0.2) is 0 Å². The van der Waals surface area contributed by atoms with E-state index in [1.54, 1.807) is 0 Å². The molecule has 0 aromatic carbocycles. The quantitative estimate of drug-likeness (QED) is 0.651. The van der Waals surface area contributed by atoms with Gasteiger partial charge in [-0.25, -0.2) is 0 Å². The average Bonchev–Trinajstić information content (AvgIpc) is 2.43. The number of hydrogen-bond donors (Lipinski definition) is 0. The fourth-order valence-electron chi connectivity index (χ4n) is 1.71. The number of hydrogen-bond acceptors (Lipinski definition) is 2. The van der Waals surface area contributed by atoms with Crippen molar-refractivity contribution in [3.63, 3.8) is 0 Å². The van der Waals surface area contributed by atoms with Gasteiger partial charge < -0.3 is 9.64 Å². The second kappa shape index (κ2) is 3.66. The Morgan fingerprint density at radius 1 is 1.62 bits per heavy atom. The molecule has 0 N–H and O–H groups in total. The van der Waals surface area contributed by atoms with Crippen LogP contribution in [0.2, 0.25) is 0 Å². The topological polar surface area (TPSA) is 29.5 Å². The number of rotatable bonds is 2. The van der Waals surface area contributed by atoms with Gasteiger partial charge in [0.05, 0.1) is 18.2 Å². The maximum Gasteiger partial charge on any atom is 0.222 e. The highest BCUT2D eigenvalue weighted by Gasteiger charge is 2.35. The van der Waals surface area contributed by atoms with Crippen LogP contribution in [0, 0.1) is 0 Å². The molecule has 1 saturated heterocycles. The van der Waals surface area contributed by atoms with Crippen molar-refractivity contribution in [2.24, 2.45) is 0 Å². The largest absolute Gasteiger partial charge is 0.373 e. The van der Waals surface area contributed by atoms with Crippen LogP contribution in [0.1, 0.15) is 33.6 Å². The molecule has 3 nitrogen and oxygen atoms in total. The van der Waals surface area contributed by atoms with Crippen molar-refractivity contribution in [2.75, 3.05) is 13.7 Å². The van der Waals surface area contributed by atoms with Crippen LogP contribution in [0.4, 0.5) is 0 Å². The first-order valence-electron chi connectivity index (χ1n) is 4.86. The molecule has 0 aliphatic carbocycles. The molecular formula is C10H19NO2. The smallest absolute Gasteiger partial charge is 0.222 e. The summed E-state index contributed by atoms with van der Waals surface area (Å²) in [5.74, 6) is 0.200. The summed E-state index contributed by atoms with van der Waals surface area (Å²) < 4.78 is 5.57. The molecule has 1 fully saturated rings. The number of carbonyl (C=O) groups is 1. The van der Waals surface area contributed by atoms with E-state index >= 15 is 0 Å². The zero-order valence-corrected chi connectivity index (χ0v) is 8.96. The highest BCUT2D eigenvalue weighted by molar-refractivity contribution is 5.75. The highest BCUT2D eigenvalue weighted by Crippen LogP contribution is 2.27. The fourth-order valence-corrected chi connectivity index (χ4v) is 1.71. The Morgan fingerprint density at radius 3 is 2.62 bits per heavy atom. The molecule has 76 valence electrons. The molecule has 1 aliphatic heterocycles. The van der Waals surface area contributed by atoms with Crippen LogP contribution in [0.5, 0.6) is 0 Å². The van der Waals surface area contributed by atoms with E-state index in [4.69, 9.17) is 4.74 Å². The maximum absolute atomic E-state index is 11.4. The minimum atomic E-state index is -0.0626. The fraction of sp³-hybridized carbons (Fsp3) is 0.900.